The molecule has 0 aliphatic rings. The maximum Gasteiger partial charge on any atom is 0.144 e. The number of benzene rings is 1. The number of aryl methyl sites for hydroxylation is 1. The Balaban J connectivity index is 2.70. The molecule has 0 N–H and O–H groups in total. The van der Waals surface area contributed by atoms with Crippen molar-refractivity contribution in [1.29, 1.82) is 0 Å². The molecule has 0 unspecified atom stereocenters. The predicted molar refractivity (Wildman–Crippen MR) is 83.4 cm³/mol. The van der Waals surface area contributed by atoms with E-state index in [0.717, 1.165) is 29.7 Å². The molecule has 110 valence electrons. The van der Waals surface area contributed by atoms with Crippen molar-refractivity contribution in [2.75, 3.05) is 5.88 Å². The van der Waals surface area contributed by atoms with Crippen LogP contribution in [0.25, 0.3) is 11.0 Å². The Hall–Kier alpha value is -0.800. The second-order valence-corrected chi connectivity index (χ2v) is 6.41. The van der Waals surface area contributed by atoms with Crippen LogP contribution in [-0.2, 0) is 12.0 Å². The maximum absolute atomic E-state index is 13.8. The lowest BCUT2D eigenvalue weighted by Gasteiger charge is -2.29. The number of fused-ring (bicyclic) bond motifs is 1. The number of hydrogen-bond acceptors (Lipinski definition) is 1. The van der Waals surface area contributed by atoms with Gasteiger partial charge in [0.25, 0.3) is 0 Å². The van der Waals surface area contributed by atoms with Crippen molar-refractivity contribution < 1.29 is 4.39 Å². The molecule has 0 radical (unpaired) electrons. The first-order chi connectivity index (χ1) is 9.40. The van der Waals surface area contributed by atoms with Crippen LogP contribution in [0.1, 0.15) is 39.4 Å². The molecule has 0 amide bonds. The lowest BCUT2D eigenvalue weighted by atomic mass is 9.97. The summed E-state index contributed by atoms with van der Waals surface area (Å²) in [4.78, 5) is 4.58. The van der Waals surface area contributed by atoms with Crippen LogP contribution < -0.4 is 0 Å². The summed E-state index contributed by atoms with van der Waals surface area (Å²) in [6.45, 7) is 6.42. The fourth-order valence-electron chi connectivity index (χ4n) is 2.77. The Morgan fingerprint density at radius 3 is 2.65 bits per heavy atom. The van der Waals surface area contributed by atoms with Gasteiger partial charge < -0.3 is 4.57 Å². The van der Waals surface area contributed by atoms with Gasteiger partial charge in [0.05, 0.1) is 16.1 Å². The van der Waals surface area contributed by atoms with Crippen molar-refractivity contribution in [3.05, 3.63) is 28.8 Å². The zero-order valence-corrected chi connectivity index (χ0v) is 13.5. The maximum atomic E-state index is 13.8. The van der Waals surface area contributed by atoms with Gasteiger partial charge in [-0.2, -0.15) is 0 Å². The predicted octanol–water partition coefficient (Wildman–Crippen LogP) is 5.15. The van der Waals surface area contributed by atoms with Gasteiger partial charge in [-0.25, -0.2) is 9.37 Å². The number of rotatable bonds is 5. The van der Waals surface area contributed by atoms with Gasteiger partial charge in [-0.15, -0.1) is 11.6 Å². The number of halogens is 3. The molecule has 20 heavy (non-hydrogen) atoms. The molecule has 2 aromatic rings. The summed E-state index contributed by atoms with van der Waals surface area (Å²) in [6.07, 6.45) is 2.68. The molecule has 1 aromatic carbocycles. The molecule has 0 fully saturated rings. The topological polar surface area (TPSA) is 17.8 Å². The van der Waals surface area contributed by atoms with Gasteiger partial charge in [0, 0.05) is 23.9 Å². The van der Waals surface area contributed by atoms with E-state index in [1.165, 1.54) is 6.07 Å². The van der Waals surface area contributed by atoms with Crippen LogP contribution in [0.5, 0.6) is 0 Å². The molecule has 1 heterocycles. The minimum atomic E-state index is -0.412. The van der Waals surface area contributed by atoms with Crippen LogP contribution in [0, 0.1) is 5.82 Å². The third-order valence-corrected chi connectivity index (χ3v) is 4.03. The highest BCUT2D eigenvalue weighted by atomic mass is 35.5. The number of nitrogens with zero attached hydrogens (tertiary/aromatic N) is 2. The molecule has 2 nitrogen and oxygen atoms in total. The van der Waals surface area contributed by atoms with E-state index < -0.39 is 5.82 Å². The second kappa shape index (κ2) is 5.90. The van der Waals surface area contributed by atoms with Crippen molar-refractivity contribution in [2.45, 2.75) is 45.6 Å². The lowest BCUT2D eigenvalue weighted by molar-refractivity contribution is 0.324. The summed E-state index contributed by atoms with van der Waals surface area (Å²) in [6, 6.07) is 3.06. The van der Waals surface area contributed by atoms with Crippen molar-refractivity contribution in [2.24, 2.45) is 0 Å². The SMILES string of the molecule is CCCC(C)(C)n1c(CCCl)nc2cc(Cl)c(F)cc21. The van der Waals surface area contributed by atoms with Crippen LogP contribution in [-0.4, -0.2) is 15.4 Å². The summed E-state index contributed by atoms with van der Waals surface area (Å²) in [5.74, 6) is 0.960. The van der Waals surface area contributed by atoms with Crippen molar-refractivity contribution in [1.82, 2.24) is 9.55 Å². The highest BCUT2D eigenvalue weighted by molar-refractivity contribution is 6.31. The van der Waals surface area contributed by atoms with Crippen LogP contribution in [0.15, 0.2) is 12.1 Å². The molecule has 2 rings (SSSR count). The summed E-state index contributed by atoms with van der Waals surface area (Å²) < 4.78 is 15.9. The van der Waals surface area contributed by atoms with E-state index in [1.54, 1.807) is 6.07 Å². The molecular formula is C15H19Cl2FN2. The monoisotopic (exact) mass is 316 g/mol. The van der Waals surface area contributed by atoms with E-state index in [1.807, 2.05) is 0 Å². The van der Waals surface area contributed by atoms with Crippen LogP contribution >= 0.6 is 23.2 Å². The summed E-state index contributed by atoms with van der Waals surface area (Å²) >= 11 is 11.7. The van der Waals surface area contributed by atoms with Crippen LogP contribution in [0.2, 0.25) is 5.02 Å². The smallest absolute Gasteiger partial charge is 0.144 e. The highest BCUT2D eigenvalue weighted by Crippen LogP contribution is 2.31. The fraction of sp³-hybridized carbons (Fsp3) is 0.533. The molecular weight excluding hydrogens is 298 g/mol. The highest BCUT2D eigenvalue weighted by Gasteiger charge is 2.25. The molecule has 0 bridgehead atoms. The minimum absolute atomic E-state index is 0.105. The van der Waals surface area contributed by atoms with Crippen molar-refractivity contribution in [3.8, 4) is 0 Å². The molecule has 1 aromatic heterocycles. The van der Waals surface area contributed by atoms with E-state index in [2.05, 4.69) is 30.3 Å². The molecule has 5 heteroatoms. The largest absolute Gasteiger partial charge is 0.322 e. The third-order valence-electron chi connectivity index (χ3n) is 3.55. The van der Waals surface area contributed by atoms with Crippen LogP contribution in [0.4, 0.5) is 4.39 Å². The Kier molecular flexibility index (Phi) is 4.60. The van der Waals surface area contributed by atoms with Gasteiger partial charge in [0.2, 0.25) is 0 Å². The third kappa shape index (κ3) is 2.79. The Bertz CT molecular complexity index is 620. The summed E-state index contributed by atoms with van der Waals surface area (Å²) in [5, 5.41) is 0.105. The van der Waals surface area contributed by atoms with Gasteiger partial charge in [0.1, 0.15) is 11.6 Å². The number of aromatic nitrogens is 2. The fourth-order valence-corrected chi connectivity index (χ4v) is 3.10. The summed E-state index contributed by atoms with van der Waals surface area (Å²) in [5.41, 5.74) is 1.37. The number of alkyl halides is 1. The molecule has 0 saturated heterocycles. The first-order valence-electron chi connectivity index (χ1n) is 6.83. The van der Waals surface area contributed by atoms with Crippen LogP contribution in [0.3, 0.4) is 0 Å². The molecule has 0 aliphatic heterocycles. The second-order valence-electron chi connectivity index (χ2n) is 5.62. The summed E-state index contributed by atoms with van der Waals surface area (Å²) in [7, 11) is 0. The van der Waals surface area contributed by atoms with Crippen molar-refractivity contribution in [3.63, 3.8) is 0 Å². The quantitative estimate of drug-likeness (QED) is 0.698. The van der Waals surface area contributed by atoms with Gasteiger partial charge in [-0.3, -0.25) is 0 Å². The first kappa shape index (κ1) is 15.6. The van der Waals surface area contributed by atoms with Crippen molar-refractivity contribution >= 4 is 34.2 Å². The van der Waals surface area contributed by atoms with Gasteiger partial charge >= 0.3 is 0 Å². The zero-order valence-electron chi connectivity index (χ0n) is 12.0. The molecule has 0 saturated carbocycles. The Labute approximate surface area is 128 Å². The average molecular weight is 317 g/mol. The lowest BCUT2D eigenvalue weighted by Crippen LogP contribution is -2.28. The Morgan fingerprint density at radius 1 is 1.35 bits per heavy atom. The Morgan fingerprint density at radius 2 is 2.05 bits per heavy atom. The normalized spacial score (nSPS) is 12.3. The van der Waals surface area contributed by atoms with Gasteiger partial charge in [-0.1, -0.05) is 24.9 Å². The standard InChI is InChI=1S/C15H19Cl2FN2/c1-4-6-15(2,3)20-13-9-11(18)10(17)8-12(13)19-14(20)5-7-16/h8-9H,4-7H2,1-3H3. The average Bonchev–Trinajstić information content (AvgIpc) is 2.68. The van der Waals surface area contributed by atoms with E-state index >= 15 is 0 Å². The van der Waals surface area contributed by atoms with E-state index in [-0.39, 0.29) is 10.6 Å². The van der Waals surface area contributed by atoms with E-state index in [0.29, 0.717) is 12.3 Å². The molecule has 0 aliphatic carbocycles. The number of hydrogen-bond donors (Lipinski definition) is 0. The molecule has 0 atom stereocenters. The van der Waals surface area contributed by atoms with E-state index in [4.69, 9.17) is 23.2 Å². The number of imidazole rings is 1. The van der Waals surface area contributed by atoms with Gasteiger partial charge in [-0.05, 0) is 26.3 Å². The molecule has 0 spiro atoms. The first-order valence-corrected chi connectivity index (χ1v) is 7.74. The minimum Gasteiger partial charge on any atom is -0.322 e. The van der Waals surface area contributed by atoms with Gasteiger partial charge in [0.15, 0.2) is 0 Å². The zero-order chi connectivity index (χ0) is 14.9. The van der Waals surface area contributed by atoms with E-state index in [9.17, 15) is 4.39 Å².